The van der Waals surface area contributed by atoms with Crippen LogP contribution in [0.5, 0.6) is 5.75 Å². The quantitative estimate of drug-likeness (QED) is 0.913. The summed E-state index contributed by atoms with van der Waals surface area (Å²) in [6.07, 6.45) is 1.57. The molecule has 1 heterocycles. The number of hydrogen-bond acceptors (Lipinski definition) is 3. The fourth-order valence-corrected chi connectivity index (χ4v) is 1.52. The van der Waals surface area contributed by atoms with E-state index >= 15 is 0 Å². The summed E-state index contributed by atoms with van der Waals surface area (Å²) in [5.41, 5.74) is 6.17. The monoisotopic (exact) mass is 252 g/mol. The smallest absolute Gasteiger partial charge is 0.166 e. The fourth-order valence-electron chi connectivity index (χ4n) is 1.34. The summed E-state index contributed by atoms with van der Waals surface area (Å²) in [4.78, 5) is 3.88. The third-order valence-corrected chi connectivity index (χ3v) is 2.64. The molecule has 1 aromatic heterocycles. The third kappa shape index (κ3) is 2.65. The zero-order chi connectivity index (χ0) is 12.3. The Morgan fingerprint density at radius 3 is 2.88 bits per heavy atom. The maximum Gasteiger partial charge on any atom is 0.166 e. The molecule has 88 valence electrons. The predicted octanol–water partition coefficient (Wildman–Crippen LogP) is 3.04. The maximum atomic E-state index is 13.2. The molecule has 2 aromatic rings. The first-order chi connectivity index (χ1) is 8.18. The normalized spacial score (nSPS) is 10.2. The van der Waals surface area contributed by atoms with Crippen molar-refractivity contribution in [3.05, 3.63) is 52.9 Å². The summed E-state index contributed by atoms with van der Waals surface area (Å²) in [6, 6.07) is 7.96. The van der Waals surface area contributed by atoms with Crippen molar-refractivity contribution in [2.24, 2.45) is 0 Å². The lowest BCUT2D eigenvalue weighted by Crippen LogP contribution is -2.01. The van der Waals surface area contributed by atoms with E-state index in [1.54, 1.807) is 30.5 Å². The van der Waals surface area contributed by atoms with Crippen LogP contribution in [-0.2, 0) is 6.61 Å². The molecular weight excluding hydrogens is 243 g/mol. The van der Waals surface area contributed by atoms with Gasteiger partial charge in [-0.3, -0.25) is 0 Å². The van der Waals surface area contributed by atoms with Crippen LogP contribution in [0.1, 0.15) is 5.56 Å². The van der Waals surface area contributed by atoms with Crippen molar-refractivity contribution < 1.29 is 9.13 Å². The Balaban J connectivity index is 2.13. The minimum atomic E-state index is -0.466. The molecule has 2 N–H and O–H groups in total. The molecule has 0 unspecified atom stereocenters. The Labute approximate surface area is 103 Å². The topological polar surface area (TPSA) is 48.1 Å². The van der Waals surface area contributed by atoms with E-state index < -0.39 is 5.82 Å². The van der Waals surface area contributed by atoms with Gasteiger partial charge in [0.05, 0.1) is 5.02 Å². The minimum Gasteiger partial charge on any atom is -0.485 e. The SMILES string of the molecule is Nc1ncccc1OCc1cccc(F)c1Cl. The van der Waals surface area contributed by atoms with E-state index in [0.29, 0.717) is 17.1 Å². The van der Waals surface area contributed by atoms with Crippen molar-refractivity contribution in [3.63, 3.8) is 0 Å². The highest BCUT2D eigenvalue weighted by Crippen LogP contribution is 2.23. The number of aromatic nitrogens is 1. The average Bonchev–Trinajstić information content (AvgIpc) is 2.33. The van der Waals surface area contributed by atoms with Gasteiger partial charge in [-0.25, -0.2) is 9.37 Å². The summed E-state index contributed by atoms with van der Waals surface area (Å²) in [5, 5.41) is 0.0648. The van der Waals surface area contributed by atoms with Crippen LogP contribution >= 0.6 is 11.6 Å². The summed E-state index contributed by atoms with van der Waals surface area (Å²) in [7, 11) is 0. The summed E-state index contributed by atoms with van der Waals surface area (Å²) in [5.74, 6) is 0.278. The minimum absolute atomic E-state index is 0.0648. The molecule has 0 aliphatic heterocycles. The number of nitrogens with zero attached hydrogens (tertiary/aromatic N) is 1. The lowest BCUT2D eigenvalue weighted by atomic mass is 10.2. The van der Waals surface area contributed by atoms with E-state index in [1.807, 2.05) is 0 Å². The van der Waals surface area contributed by atoms with Gasteiger partial charge in [0.25, 0.3) is 0 Å². The molecule has 0 fully saturated rings. The highest BCUT2D eigenvalue weighted by molar-refractivity contribution is 6.31. The summed E-state index contributed by atoms with van der Waals surface area (Å²) in [6.45, 7) is 0.145. The van der Waals surface area contributed by atoms with Crippen molar-refractivity contribution >= 4 is 17.4 Å². The van der Waals surface area contributed by atoms with E-state index in [4.69, 9.17) is 22.1 Å². The van der Waals surface area contributed by atoms with Gasteiger partial charge in [0.2, 0.25) is 0 Å². The van der Waals surface area contributed by atoms with Crippen molar-refractivity contribution in [1.29, 1.82) is 0 Å². The van der Waals surface area contributed by atoms with Crippen LogP contribution in [0.2, 0.25) is 5.02 Å². The molecule has 0 spiro atoms. The second kappa shape index (κ2) is 5.01. The maximum absolute atomic E-state index is 13.2. The van der Waals surface area contributed by atoms with Gasteiger partial charge in [0.1, 0.15) is 12.4 Å². The van der Waals surface area contributed by atoms with Gasteiger partial charge in [0.15, 0.2) is 11.6 Å². The molecule has 0 atom stereocenters. The molecule has 5 heteroatoms. The first kappa shape index (κ1) is 11.7. The lowest BCUT2D eigenvalue weighted by molar-refractivity contribution is 0.306. The van der Waals surface area contributed by atoms with Gasteiger partial charge < -0.3 is 10.5 Å². The third-order valence-electron chi connectivity index (χ3n) is 2.21. The average molecular weight is 253 g/mol. The number of ether oxygens (including phenoxy) is 1. The highest BCUT2D eigenvalue weighted by atomic mass is 35.5. The number of halogens is 2. The number of rotatable bonds is 3. The van der Waals surface area contributed by atoms with Crippen molar-refractivity contribution in [3.8, 4) is 5.75 Å². The van der Waals surface area contributed by atoms with Crippen molar-refractivity contribution in [2.45, 2.75) is 6.61 Å². The molecule has 0 bridgehead atoms. The molecule has 1 aromatic carbocycles. The first-order valence-corrected chi connectivity index (χ1v) is 5.32. The zero-order valence-electron chi connectivity index (χ0n) is 8.86. The Kier molecular flexibility index (Phi) is 3.44. The van der Waals surface area contributed by atoms with Gasteiger partial charge in [-0.1, -0.05) is 23.7 Å². The van der Waals surface area contributed by atoms with E-state index in [-0.39, 0.29) is 11.6 Å². The lowest BCUT2D eigenvalue weighted by Gasteiger charge is -2.09. The van der Waals surface area contributed by atoms with Gasteiger partial charge in [0, 0.05) is 11.8 Å². The molecule has 0 aliphatic carbocycles. The van der Waals surface area contributed by atoms with Crippen LogP contribution < -0.4 is 10.5 Å². The summed E-state index contributed by atoms with van der Waals surface area (Å²) < 4.78 is 18.6. The molecule has 2 rings (SSSR count). The number of nitrogen functional groups attached to an aromatic ring is 1. The number of anilines is 1. The van der Waals surface area contributed by atoms with Gasteiger partial charge in [-0.05, 0) is 18.2 Å². The molecule has 0 amide bonds. The second-order valence-corrected chi connectivity index (χ2v) is 3.77. The predicted molar refractivity (Wildman–Crippen MR) is 64.4 cm³/mol. The summed E-state index contributed by atoms with van der Waals surface area (Å²) >= 11 is 5.80. The first-order valence-electron chi connectivity index (χ1n) is 4.94. The van der Waals surface area contributed by atoms with Crippen LogP contribution in [-0.4, -0.2) is 4.98 Å². The second-order valence-electron chi connectivity index (χ2n) is 3.39. The fraction of sp³-hybridized carbons (Fsp3) is 0.0833. The van der Waals surface area contributed by atoms with Crippen LogP contribution in [0.15, 0.2) is 36.5 Å². The Hall–Kier alpha value is -1.81. The molecule has 0 radical (unpaired) electrons. The van der Waals surface area contributed by atoms with E-state index in [1.165, 1.54) is 6.07 Å². The van der Waals surface area contributed by atoms with Crippen LogP contribution in [0.4, 0.5) is 10.2 Å². The largest absolute Gasteiger partial charge is 0.485 e. The molecule has 3 nitrogen and oxygen atoms in total. The van der Waals surface area contributed by atoms with E-state index in [0.717, 1.165) is 0 Å². The molecule has 0 saturated heterocycles. The molecular formula is C12H10ClFN2O. The van der Waals surface area contributed by atoms with Gasteiger partial charge >= 0.3 is 0 Å². The standard InChI is InChI=1S/C12H10ClFN2O/c13-11-8(3-1-4-9(11)14)7-17-10-5-2-6-16-12(10)15/h1-6H,7H2,(H2,15,16). The number of pyridine rings is 1. The van der Waals surface area contributed by atoms with E-state index in [2.05, 4.69) is 4.98 Å². The van der Waals surface area contributed by atoms with E-state index in [9.17, 15) is 4.39 Å². The number of hydrogen-bond donors (Lipinski definition) is 1. The zero-order valence-corrected chi connectivity index (χ0v) is 9.62. The van der Waals surface area contributed by atoms with Crippen LogP contribution in [0.25, 0.3) is 0 Å². The number of benzene rings is 1. The van der Waals surface area contributed by atoms with Crippen LogP contribution in [0.3, 0.4) is 0 Å². The number of nitrogens with two attached hydrogens (primary N) is 1. The molecule has 0 saturated carbocycles. The molecule has 17 heavy (non-hydrogen) atoms. The van der Waals surface area contributed by atoms with Crippen LogP contribution in [0, 0.1) is 5.82 Å². The Morgan fingerprint density at radius 1 is 1.29 bits per heavy atom. The van der Waals surface area contributed by atoms with Crippen molar-refractivity contribution in [2.75, 3.05) is 5.73 Å². The Bertz CT molecular complexity index is 534. The van der Waals surface area contributed by atoms with Crippen molar-refractivity contribution in [1.82, 2.24) is 4.98 Å². The molecule has 0 aliphatic rings. The Morgan fingerprint density at radius 2 is 2.12 bits per heavy atom. The van der Waals surface area contributed by atoms with Gasteiger partial charge in [-0.15, -0.1) is 0 Å². The highest BCUT2D eigenvalue weighted by Gasteiger charge is 2.07. The van der Waals surface area contributed by atoms with Gasteiger partial charge in [-0.2, -0.15) is 0 Å².